The van der Waals surface area contributed by atoms with Crippen LogP contribution in [0.3, 0.4) is 0 Å². The van der Waals surface area contributed by atoms with E-state index in [1.807, 2.05) is 18.2 Å². The average Bonchev–Trinajstić information content (AvgIpc) is 3.24. The van der Waals surface area contributed by atoms with E-state index in [1.165, 1.54) is 12.0 Å². The number of hydrogen-bond donors (Lipinski definition) is 1. The summed E-state index contributed by atoms with van der Waals surface area (Å²) in [5, 5.41) is 3.34. The summed E-state index contributed by atoms with van der Waals surface area (Å²) in [6.07, 6.45) is 3.98. The molecule has 1 amide bonds. The first-order valence-corrected chi connectivity index (χ1v) is 11.3. The van der Waals surface area contributed by atoms with Gasteiger partial charge in [-0.3, -0.25) is 19.6 Å². The van der Waals surface area contributed by atoms with Crippen molar-refractivity contribution in [2.45, 2.75) is 51.7 Å². The molecule has 1 N–H and O–H groups in total. The van der Waals surface area contributed by atoms with Crippen LogP contribution in [-0.4, -0.2) is 50.5 Å². The number of ether oxygens (including phenoxy) is 1. The van der Waals surface area contributed by atoms with Crippen molar-refractivity contribution in [3.05, 3.63) is 63.2 Å². The zero-order valence-corrected chi connectivity index (χ0v) is 18.6. The Morgan fingerprint density at radius 3 is 2.78 bits per heavy atom. The molecule has 32 heavy (non-hydrogen) atoms. The Kier molecular flexibility index (Phi) is 5.46. The van der Waals surface area contributed by atoms with E-state index in [9.17, 15) is 9.59 Å². The van der Waals surface area contributed by atoms with Crippen LogP contribution in [-0.2, 0) is 24.3 Å². The number of piperidine rings is 1. The molecule has 0 radical (unpaired) electrons. The summed E-state index contributed by atoms with van der Waals surface area (Å²) in [6.45, 7) is 4.35. The van der Waals surface area contributed by atoms with E-state index < -0.39 is 0 Å². The second kappa shape index (κ2) is 8.43. The van der Waals surface area contributed by atoms with Crippen molar-refractivity contribution in [1.29, 1.82) is 0 Å². The molecule has 0 unspecified atom stereocenters. The highest BCUT2D eigenvalue weighted by molar-refractivity contribution is 5.73. The van der Waals surface area contributed by atoms with Crippen molar-refractivity contribution >= 4 is 11.6 Å². The van der Waals surface area contributed by atoms with Crippen molar-refractivity contribution in [1.82, 2.24) is 24.4 Å². The number of hydrogen-bond acceptors (Lipinski definition) is 5. The Balaban J connectivity index is 1.45. The standard InChI is InChI=1S/C24H29N5O3/c1-16(30)27-12-10-20-19(15-27)24(31)29-23(25-20)13-21(26-29)22-5-3-4-11-28(22)14-17-6-8-18(32-2)9-7-17/h6-9,13,22,26H,3-5,10-12,14-15H2,1-2H3/t22-/m1/s1. The lowest BCUT2D eigenvalue weighted by molar-refractivity contribution is -0.129. The predicted molar refractivity (Wildman–Crippen MR) is 121 cm³/mol. The van der Waals surface area contributed by atoms with Crippen LogP contribution < -0.4 is 10.3 Å². The summed E-state index contributed by atoms with van der Waals surface area (Å²) in [6, 6.07) is 10.4. The molecule has 168 valence electrons. The quantitative estimate of drug-likeness (QED) is 0.681. The third-order valence-electron chi connectivity index (χ3n) is 6.74. The van der Waals surface area contributed by atoms with Crippen LogP contribution in [0, 0.1) is 0 Å². The second-order valence-corrected chi connectivity index (χ2v) is 8.77. The molecular formula is C24H29N5O3. The first kappa shape index (κ1) is 20.8. The van der Waals surface area contributed by atoms with Gasteiger partial charge in [0.15, 0.2) is 5.65 Å². The number of nitrogens with zero attached hydrogens (tertiary/aromatic N) is 4. The largest absolute Gasteiger partial charge is 0.497 e. The fraction of sp³-hybridized carbons (Fsp3) is 0.458. The fourth-order valence-corrected chi connectivity index (χ4v) is 4.94. The molecule has 5 rings (SSSR count). The molecule has 1 atom stereocenters. The highest BCUT2D eigenvalue weighted by Crippen LogP contribution is 2.32. The third kappa shape index (κ3) is 3.79. The third-order valence-corrected chi connectivity index (χ3v) is 6.74. The summed E-state index contributed by atoms with van der Waals surface area (Å²) in [7, 11) is 1.68. The number of carbonyl (C=O) groups excluding carboxylic acids is 1. The van der Waals surface area contributed by atoms with Crippen LogP contribution in [0.1, 0.15) is 54.7 Å². The number of fused-ring (bicyclic) bond motifs is 2. The molecule has 2 aromatic heterocycles. The first-order chi connectivity index (χ1) is 15.5. The minimum atomic E-state index is -0.0975. The Hall–Kier alpha value is -3.13. The number of carbonyl (C=O) groups is 1. The molecule has 1 aromatic carbocycles. The molecule has 0 bridgehead atoms. The molecule has 8 nitrogen and oxygen atoms in total. The molecule has 4 heterocycles. The van der Waals surface area contributed by atoms with Gasteiger partial charge < -0.3 is 9.64 Å². The second-order valence-electron chi connectivity index (χ2n) is 8.77. The van der Waals surface area contributed by atoms with Crippen molar-refractivity contribution < 1.29 is 9.53 Å². The summed E-state index contributed by atoms with van der Waals surface area (Å²) in [5.41, 5.74) is 4.26. The van der Waals surface area contributed by atoms with Gasteiger partial charge in [-0.1, -0.05) is 18.6 Å². The highest BCUT2D eigenvalue weighted by Gasteiger charge is 2.28. The number of rotatable bonds is 4. The van der Waals surface area contributed by atoms with Gasteiger partial charge in [0.1, 0.15) is 5.75 Å². The number of methoxy groups -OCH3 is 1. The number of aromatic nitrogens is 3. The van der Waals surface area contributed by atoms with E-state index in [0.29, 0.717) is 30.7 Å². The van der Waals surface area contributed by atoms with Gasteiger partial charge in [-0.2, -0.15) is 0 Å². The van der Waals surface area contributed by atoms with Crippen molar-refractivity contribution in [2.75, 3.05) is 20.2 Å². The number of aromatic amines is 1. The molecule has 1 fully saturated rings. The van der Waals surface area contributed by atoms with Gasteiger partial charge >= 0.3 is 0 Å². The number of amides is 1. The number of nitrogens with one attached hydrogen (secondary N) is 1. The molecule has 0 aliphatic carbocycles. The maximum atomic E-state index is 13.2. The highest BCUT2D eigenvalue weighted by atomic mass is 16.5. The Morgan fingerprint density at radius 2 is 2.03 bits per heavy atom. The first-order valence-electron chi connectivity index (χ1n) is 11.3. The maximum Gasteiger partial charge on any atom is 0.277 e. The zero-order chi connectivity index (χ0) is 22.2. The summed E-state index contributed by atoms with van der Waals surface area (Å²) in [4.78, 5) is 33.9. The van der Waals surface area contributed by atoms with Crippen LogP contribution in [0.15, 0.2) is 35.1 Å². The molecule has 0 spiro atoms. The normalized spacial score (nSPS) is 19.2. The molecule has 2 aliphatic heterocycles. The van der Waals surface area contributed by atoms with Gasteiger partial charge in [-0.25, -0.2) is 9.50 Å². The molecule has 8 heteroatoms. The van der Waals surface area contributed by atoms with E-state index in [0.717, 1.165) is 43.1 Å². The van der Waals surface area contributed by atoms with Crippen LogP contribution in [0.5, 0.6) is 5.75 Å². The number of H-pyrrole nitrogens is 1. The fourth-order valence-electron chi connectivity index (χ4n) is 4.94. The maximum absolute atomic E-state index is 13.2. The van der Waals surface area contributed by atoms with E-state index in [2.05, 4.69) is 22.1 Å². The molecule has 1 saturated heterocycles. The summed E-state index contributed by atoms with van der Waals surface area (Å²) < 4.78 is 6.83. The topological polar surface area (TPSA) is 82.9 Å². The zero-order valence-electron chi connectivity index (χ0n) is 18.6. The Morgan fingerprint density at radius 1 is 1.22 bits per heavy atom. The van der Waals surface area contributed by atoms with Crippen LogP contribution in [0.25, 0.3) is 5.65 Å². The minimum Gasteiger partial charge on any atom is -0.497 e. The van der Waals surface area contributed by atoms with E-state index in [1.54, 1.807) is 23.4 Å². The lowest BCUT2D eigenvalue weighted by Crippen LogP contribution is -2.39. The molecule has 3 aromatic rings. The minimum absolute atomic E-state index is 0.0105. The average molecular weight is 436 g/mol. The lowest BCUT2D eigenvalue weighted by Gasteiger charge is -2.35. The molecule has 2 aliphatic rings. The van der Waals surface area contributed by atoms with Crippen LogP contribution >= 0.6 is 0 Å². The van der Waals surface area contributed by atoms with Gasteiger partial charge in [0.05, 0.1) is 36.6 Å². The van der Waals surface area contributed by atoms with Gasteiger partial charge in [-0.05, 0) is 37.1 Å². The number of likely N-dealkylation sites (tertiary alicyclic amines) is 1. The van der Waals surface area contributed by atoms with Crippen LogP contribution in [0.4, 0.5) is 0 Å². The smallest absolute Gasteiger partial charge is 0.277 e. The number of benzene rings is 1. The van der Waals surface area contributed by atoms with Crippen molar-refractivity contribution in [3.8, 4) is 5.75 Å². The summed E-state index contributed by atoms with van der Waals surface area (Å²) in [5.74, 6) is 0.848. The predicted octanol–water partition coefficient (Wildman–Crippen LogP) is 2.66. The van der Waals surface area contributed by atoms with Crippen molar-refractivity contribution in [2.24, 2.45) is 0 Å². The SMILES string of the molecule is COc1ccc(CN2CCCC[C@@H]2c2cc3nc4c(c(=O)n3[nH]2)CN(C(C)=O)CC4)cc1. The van der Waals surface area contributed by atoms with Crippen LogP contribution in [0.2, 0.25) is 0 Å². The molecule has 0 saturated carbocycles. The van der Waals surface area contributed by atoms with Gasteiger partial charge in [0.25, 0.3) is 5.56 Å². The monoisotopic (exact) mass is 435 g/mol. The Labute approximate surface area is 186 Å². The molecular weight excluding hydrogens is 406 g/mol. The Bertz CT molecular complexity index is 1200. The van der Waals surface area contributed by atoms with E-state index >= 15 is 0 Å². The van der Waals surface area contributed by atoms with E-state index in [4.69, 9.17) is 9.72 Å². The van der Waals surface area contributed by atoms with E-state index in [-0.39, 0.29) is 17.5 Å². The van der Waals surface area contributed by atoms with Crippen molar-refractivity contribution in [3.63, 3.8) is 0 Å². The van der Waals surface area contributed by atoms with Gasteiger partial charge in [0.2, 0.25) is 5.91 Å². The van der Waals surface area contributed by atoms with Gasteiger partial charge in [0, 0.05) is 32.5 Å². The lowest BCUT2D eigenvalue weighted by atomic mass is 9.98. The summed E-state index contributed by atoms with van der Waals surface area (Å²) >= 11 is 0. The van der Waals surface area contributed by atoms with Gasteiger partial charge in [-0.15, -0.1) is 0 Å².